The number of para-hydroxylation sites is 1. The maximum absolute atomic E-state index is 12.8. The van der Waals surface area contributed by atoms with Crippen LogP contribution >= 0.6 is 11.6 Å². The van der Waals surface area contributed by atoms with Crippen molar-refractivity contribution < 1.29 is 4.79 Å². The van der Waals surface area contributed by atoms with Gasteiger partial charge in [0.1, 0.15) is 11.9 Å². The maximum atomic E-state index is 12.8. The Labute approximate surface area is 174 Å². The monoisotopic (exact) mass is 407 g/mol. The normalized spacial score (nSPS) is 15.9. The summed E-state index contributed by atoms with van der Waals surface area (Å²) in [4.78, 5) is 23.8. The zero-order chi connectivity index (χ0) is 20.1. The van der Waals surface area contributed by atoms with Gasteiger partial charge in [-0.25, -0.2) is 4.98 Å². The molecule has 1 amide bonds. The van der Waals surface area contributed by atoms with Crippen LogP contribution < -0.4 is 15.5 Å². The van der Waals surface area contributed by atoms with Crippen LogP contribution in [-0.4, -0.2) is 28.5 Å². The van der Waals surface area contributed by atoms with Crippen molar-refractivity contribution in [1.29, 1.82) is 0 Å². The van der Waals surface area contributed by atoms with Gasteiger partial charge in [0.05, 0.1) is 10.7 Å². The molecule has 6 nitrogen and oxygen atoms in total. The zero-order valence-corrected chi connectivity index (χ0v) is 16.6. The molecule has 3 aromatic rings. The third-order valence-corrected chi connectivity index (χ3v) is 5.23. The van der Waals surface area contributed by atoms with Crippen molar-refractivity contribution >= 4 is 35.0 Å². The molecule has 1 atom stereocenters. The quantitative estimate of drug-likeness (QED) is 0.642. The maximum Gasteiger partial charge on any atom is 0.243 e. The molecule has 1 fully saturated rings. The molecule has 0 unspecified atom stereocenters. The Balaban J connectivity index is 1.45. The number of hydrogen-bond acceptors (Lipinski definition) is 5. The number of rotatable bonds is 6. The van der Waals surface area contributed by atoms with Crippen molar-refractivity contribution in [3.63, 3.8) is 0 Å². The van der Waals surface area contributed by atoms with Crippen LogP contribution in [0, 0.1) is 0 Å². The van der Waals surface area contributed by atoms with E-state index in [1.807, 2.05) is 59.5 Å². The smallest absolute Gasteiger partial charge is 0.243 e. The Morgan fingerprint density at radius 1 is 1.10 bits per heavy atom. The fraction of sp³-hybridized carbons (Fsp3) is 0.227. The summed E-state index contributed by atoms with van der Waals surface area (Å²) in [5.74, 6) is 1.18. The Hall–Kier alpha value is -3.12. The van der Waals surface area contributed by atoms with Gasteiger partial charge in [-0.15, -0.1) is 0 Å². The van der Waals surface area contributed by atoms with Crippen molar-refractivity contribution in [2.45, 2.75) is 25.4 Å². The fourth-order valence-corrected chi connectivity index (χ4v) is 3.62. The van der Waals surface area contributed by atoms with Gasteiger partial charge in [-0.3, -0.25) is 4.79 Å². The highest BCUT2D eigenvalue weighted by molar-refractivity contribution is 6.33. The minimum Gasteiger partial charge on any atom is -0.350 e. The number of benzene rings is 2. The van der Waals surface area contributed by atoms with Crippen LogP contribution in [0.3, 0.4) is 0 Å². The molecule has 0 bridgehead atoms. The molecule has 2 heterocycles. The Bertz CT molecular complexity index is 982. The molecule has 2 N–H and O–H groups in total. The van der Waals surface area contributed by atoms with Crippen molar-refractivity contribution in [3.8, 4) is 0 Å². The summed E-state index contributed by atoms with van der Waals surface area (Å²) >= 11 is 6.22. The lowest BCUT2D eigenvalue weighted by atomic mass is 10.2. The largest absolute Gasteiger partial charge is 0.350 e. The summed E-state index contributed by atoms with van der Waals surface area (Å²) in [6.07, 6.45) is 3.40. The predicted octanol–water partition coefficient (Wildman–Crippen LogP) is 4.16. The summed E-state index contributed by atoms with van der Waals surface area (Å²) < 4.78 is 0. The van der Waals surface area contributed by atoms with Gasteiger partial charge in [-0.1, -0.05) is 54.1 Å². The zero-order valence-electron chi connectivity index (χ0n) is 15.9. The Morgan fingerprint density at radius 3 is 2.72 bits per heavy atom. The van der Waals surface area contributed by atoms with Gasteiger partial charge in [-0.2, -0.15) is 4.98 Å². The number of hydrogen-bond donors (Lipinski definition) is 2. The Morgan fingerprint density at radius 2 is 1.90 bits per heavy atom. The van der Waals surface area contributed by atoms with E-state index >= 15 is 0 Å². The molecule has 1 saturated heterocycles. The second-order valence-electron chi connectivity index (χ2n) is 6.90. The molecule has 148 valence electrons. The number of carbonyl (C=O) groups is 1. The summed E-state index contributed by atoms with van der Waals surface area (Å²) in [7, 11) is 0. The van der Waals surface area contributed by atoms with E-state index < -0.39 is 0 Å². The lowest BCUT2D eigenvalue weighted by molar-refractivity contribution is -0.122. The number of nitrogens with one attached hydrogen (secondary N) is 2. The van der Waals surface area contributed by atoms with Crippen LogP contribution in [0.1, 0.15) is 18.4 Å². The summed E-state index contributed by atoms with van der Waals surface area (Å²) in [6.45, 7) is 1.26. The van der Waals surface area contributed by atoms with E-state index in [-0.39, 0.29) is 11.9 Å². The van der Waals surface area contributed by atoms with Gasteiger partial charge in [0.15, 0.2) is 0 Å². The highest BCUT2D eigenvalue weighted by Gasteiger charge is 2.32. The fourth-order valence-electron chi connectivity index (χ4n) is 3.44. The molecule has 0 radical (unpaired) electrons. The van der Waals surface area contributed by atoms with E-state index in [2.05, 4.69) is 20.6 Å². The van der Waals surface area contributed by atoms with Crippen molar-refractivity contribution in [1.82, 2.24) is 15.3 Å². The minimum atomic E-state index is -0.269. The second kappa shape index (κ2) is 8.92. The summed E-state index contributed by atoms with van der Waals surface area (Å²) in [5, 5.41) is 6.87. The van der Waals surface area contributed by atoms with Gasteiger partial charge in [0.25, 0.3) is 0 Å². The molecule has 1 aliphatic rings. The molecule has 7 heteroatoms. The number of anilines is 3. The Kier molecular flexibility index (Phi) is 5.91. The lowest BCUT2D eigenvalue weighted by Crippen LogP contribution is -2.43. The molecule has 0 spiro atoms. The minimum absolute atomic E-state index is 0.000538. The van der Waals surface area contributed by atoms with Crippen LogP contribution in [-0.2, 0) is 11.3 Å². The number of halogens is 1. The molecule has 0 aliphatic carbocycles. The second-order valence-corrected chi connectivity index (χ2v) is 7.31. The molecular formula is C22H22ClN5O. The number of aromatic nitrogens is 2. The van der Waals surface area contributed by atoms with Gasteiger partial charge in [0.2, 0.25) is 11.9 Å². The number of amides is 1. The standard InChI is InChI=1S/C22H22ClN5O/c23-17-9-4-5-10-18(17)26-20-12-13-24-22(27-20)28-14-6-11-19(28)21(29)25-15-16-7-2-1-3-8-16/h1-5,7-10,12-13,19H,6,11,14-15H2,(H,25,29)(H,24,26,27)/t19-/m0/s1. The van der Waals surface area contributed by atoms with Gasteiger partial charge >= 0.3 is 0 Å². The molecule has 1 aromatic heterocycles. The third kappa shape index (κ3) is 4.66. The average molecular weight is 408 g/mol. The topological polar surface area (TPSA) is 70.2 Å². The number of nitrogens with zero attached hydrogens (tertiary/aromatic N) is 3. The first-order valence-electron chi connectivity index (χ1n) is 9.63. The third-order valence-electron chi connectivity index (χ3n) is 4.90. The molecule has 2 aromatic carbocycles. The summed E-state index contributed by atoms with van der Waals surface area (Å²) in [6, 6.07) is 18.9. The highest BCUT2D eigenvalue weighted by atomic mass is 35.5. The van der Waals surface area contributed by atoms with Crippen molar-refractivity contribution in [2.75, 3.05) is 16.8 Å². The van der Waals surface area contributed by atoms with E-state index in [0.717, 1.165) is 30.6 Å². The first kappa shape index (κ1) is 19.2. The number of carbonyl (C=O) groups excluding carboxylic acids is 1. The molecule has 1 aliphatic heterocycles. The summed E-state index contributed by atoms with van der Waals surface area (Å²) in [5.41, 5.74) is 1.85. The van der Waals surface area contributed by atoms with Crippen LogP contribution in [0.15, 0.2) is 66.9 Å². The lowest BCUT2D eigenvalue weighted by Gasteiger charge is -2.24. The van der Waals surface area contributed by atoms with E-state index in [0.29, 0.717) is 23.3 Å². The van der Waals surface area contributed by atoms with E-state index in [1.54, 1.807) is 12.3 Å². The van der Waals surface area contributed by atoms with E-state index in [9.17, 15) is 4.79 Å². The SMILES string of the molecule is O=C(NCc1ccccc1)[C@@H]1CCCN1c1nccc(Nc2ccccc2Cl)n1. The van der Waals surface area contributed by atoms with Crippen LogP contribution in [0.5, 0.6) is 0 Å². The average Bonchev–Trinajstić information content (AvgIpc) is 3.25. The van der Waals surface area contributed by atoms with Crippen molar-refractivity contribution in [3.05, 3.63) is 77.4 Å². The highest BCUT2D eigenvalue weighted by Crippen LogP contribution is 2.26. The first-order chi connectivity index (χ1) is 14.2. The van der Waals surface area contributed by atoms with Gasteiger partial charge in [0, 0.05) is 19.3 Å². The van der Waals surface area contributed by atoms with E-state index in [4.69, 9.17) is 11.6 Å². The van der Waals surface area contributed by atoms with Gasteiger partial charge in [-0.05, 0) is 36.6 Å². The van der Waals surface area contributed by atoms with Crippen LogP contribution in [0.2, 0.25) is 5.02 Å². The van der Waals surface area contributed by atoms with E-state index in [1.165, 1.54) is 0 Å². The molecule has 29 heavy (non-hydrogen) atoms. The molecule has 4 rings (SSSR count). The van der Waals surface area contributed by atoms with Gasteiger partial charge < -0.3 is 15.5 Å². The van der Waals surface area contributed by atoms with Crippen LogP contribution in [0.4, 0.5) is 17.5 Å². The first-order valence-corrected chi connectivity index (χ1v) is 10.0. The van der Waals surface area contributed by atoms with Crippen LogP contribution in [0.25, 0.3) is 0 Å². The predicted molar refractivity (Wildman–Crippen MR) is 115 cm³/mol. The molecule has 0 saturated carbocycles. The molecular weight excluding hydrogens is 386 g/mol. The van der Waals surface area contributed by atoms with Crippen molar-refractivity contribution in [2.24, 2.45) is 0 Å².